The van der Waals surface area contributed by atoms with Crippen molar-refractivity contribution in [3.63, 3.8) is 0 Å². The predicted octanol–water partition coefficient (Wildman–Crippen LogP) is -0.584. The Labute approximate surface area is 88.9 Å². The number of rotatable bonds is 5. The number of aromatic nitrogens is 3. The SMILES string of the molecule is Cn1cnnc1CNCC(C)(C)C(N)=O. The first-order valence-electron chi connectivity index (χ1n) is 4.77. The summed E-state index contributed by atoms with van der Waals surface area (Å²) < 4.78 is 1.82. The highest BCUT2D eigenvalue weighted by molar-refractivity contribution is 5.80. The highest BCUT2D eigenvalue weighted by Gasteiger charge is 2.24. The number of carbonyl (C=O) groups is 1. The van der Waals surface area contributed by atoms with Crippen LogP contribution < -0.4 is 11.1 Å². The molecule has 3 N–H and O–H groups in total. The van der Waals surface area contributed by atoms with Crippen LogP contribution in [0.2, 0.25) is 0 Å². The highest BCUT2D eigenvalue weighted by Crippen LogP contribution is 2.11. The number of hydrogen-bond donors (Lipinski definition) is 2. The monoisotopic (exact) mass is 211 g/mol. The van der Waals surface area contributed by atoms with E-state index in [0.29, 0.717) is 13.1 Å². The number of hydrogen-bond acceptors (Lipinski definition) is 4. The lowest BCUT2D eigenvalue weighted by Crippen LogP contribution is -2.40. The lowest BCUT2D eigenvalue weighted by atomic mass is 9.93. The number of nitrogens with two attached hydrogens (primary N) is 1. The Morgan fingerprint density at radius 2 is 2.33 bits per heavy atom. The van der Waals surface area contributed by atoms with E-state index < -0.39 is 5.41 Å². The van der Waals surface area contributed by atoms with Crippen molar-refractivity contribution in [1.82, 2.24) is 20.1 Å². The fraction of sp³-hybridized carbons (Fsp3) is 0.667. The van der Waals surface area contributed by atoms with Gasteiger partial charge in [0.2, 0.25) is 5.91 Å². The molecule has 0 spiro atoms. The molecule has 0 saturated carbocycles. The molecule has 0 saturated heterocycles. The van der Waals surface area contributed by atoms with Gasteiger partial charge < -0.3 is 15.6 Å². The van der Waals surface area contributed by atoms with Gasteiger partial charge in [0, 0.05) is 13.6 Å². The topological polar surface area (TPSA) is 85.8 Å². The molecule has 1 aromatic heterocycles. The summed E-state index contributed by atoms with van der Waals surface area (Å²) in [7, 11) is 1.87. The average molecular weight is 211 g/mol. The Bertz CT molecular complexity index is 344. The van der Waals surface area contributed by atoms with Crippen molar-refractivity contribution in [1.29, 1.82) is 0 Å². The molecule has 0 aromatic carbocycles. The van der Waals surface area contributed by atoms with Gasteiger partial charge >= 0.3 is 0 Å². The zero-order valence-electron chi connectivity index (χ0n) is 9.32. The first-order valence-corrected chi connectivity index (χ1v) is 4.77. The van der Waals surface area contributed by atoms with Gasteiger partial charge in [-0.05, 0) is 13.8 Å². The quantitative estimate of drug-likeness (QED) is 0.682. The molecule has 0 fully saturated rings. The second-order valence-electron chi connectivity index (χ2n) is 4.21. The van der Waals surface area contributed by atoms with Crippen LogP contribution in [-0.4, -0.2) is 27.2 Å². The fourth-order valence-corrected chi connectivity index (χ4v) is 1.04. The molecule has 1 amide bonds. The number of amides is 1. The van der Waals surface area contributed by atoms with Crippen molar-refractivity contribution in [3.05, 3.63) is 12.2 Å². The van der Waals surface area contributed by atoms with Crippen molar-refractivity contribution in [2.45, 2.75) is 20.4 Å². The van der Waals surface area contributed by atoms with Crippen LogP contribution >= 0.6 is 0 Å². The normalized spacial score (nSPS) is 11.7. The van der Waals surface area contributed by atoms with Crippen LogP contribution in [0.5, 0.6) is 0 Å². The van der Waals surface area contributed by atoms with Gasteiger partial charge in [-0.2, -0.15) is 0 Å². The van der Waals surface area contributed by atoms with Crippen LogP contribution in [0.3, 0.4) is 0 Å². The third-order valence-electron chi connectivity index (χ3n) is 2.32. The second-order valence-corrected chi connectivity index (χ2v) is 4.21. The summed E-state index contributed by atoms with van der Waals surface area (Å²) in [5.74, 6) is 0.517. The van der Waals surface area contributed by atoms with E-state index in [1.54, 1.807) is 20.2 Å². The van der Waals surface area contributed by atoms with E-state index >= 15 is 0 Å². The molecule has 1 heterocycles. The molecule has 1 aromatic rings. The first-order chi connectivity index (χ1) is 6.93. The Morgan fingerprint density at radius 1 is 1.67 bits per heavy atom. The number of nitrogens with one attached hydrogen (secondary N) is 1. The standard InChI is InChI=1S/C9H17N5O/c1-9(2,8(10)15)5-11-4-7-13-12-6-14(7)3/h6,11H,4-5H2,1-3H3,(H2,10,15). The molecule has 6 heteroatoms. The maximum absolute atomic E-state index is 11.0. The van der Waals surface area contributed by atoms with Crippen molar-refractivity contribution in [2.24, 2.45) is 18.2 Å². The van der Waals surface area contributed by atoms with Gasteiger partial charge in [-0.15, -0.1) is 10.2 Å². The molecule has 84 valence electrons. The Balaban J connectivity index is 2.40. The number of aryl methyl sites for hydroxylation is 1. The smallest absolute Gasteiger partial charge is 0.224 e. The van der Waals surface area contributed by atoms with Gasteiger partial charge in [0.05, 0.1) is 12.0 Å². The molecule has 0 aliphatic carbocycles. The molecule has 6 nitrogen and oxygen atoms in total. The van der Waals surface area contributed by atoms with Crippen molar-refractivity contribution in [2.75, 3.05) is 6.54 Å². The van der Waals surface area contributed by atoms with Crippen molar-refractivity contribution in [3.8, 4) is 0 Å². The zero-order valence-corrected chi connectivity index (χ0v) is 9.32. The summed E-state index contributed by atoms with van der Waals surface area (Å²) in [6.07, 6.45) is 1.64. The molecule has 0 unspecified atom stereocenters. The number of primary amides is 1. The van der Waals surface area contributed by atoms with Gasteiger partial charge in [-0.1, -0.05) is 0 Å². The van der Waals surface area contributed by atoms with Gasteiger partial charge in [-0.3, -0.25) is 4.79 Å². The molecule has 0 atom stereocenters. The zero-order chi connectivity index (χ0) is 11.5. The molecule has 15 heavy (non-hydrogen) atoms. The summed E-state index contributed by atoms with van der Waals surface area (Å²) in [6, 6.07) is 0. The molecular weight excluding hydrogens is 194 g/mol. The van der Waals surface area contributed by atoms with E-state index in [9.17, 15) is 4.79 Å². The van der Waals surface area contributed by atoms with Crippen molar-refractivity contribution < 1.29 is 4.79 Å². The van der Waals surface area contributed by atoms with Crippen LogP contribution in [0.4, 0.5) is 0 Å². The maximum Gasteiger partial charge on any atom is 0.224 e. The molecular formula is C9H17N5O. The van der Waals surface area contributed by atoms with E-state index in [2.05, 4.69) is 15.5 Å². The molecule has 0 bridgehead atoms. The van der Waals surface area contributed by atoms with Gasteiger partial charge in [-0.25, -0.2) is 0 Å². The van der Waals surface area contributed by atoms with Gasteiger partial charge in [0.25, 0.3) is 0 Å². The summed E-state index contributed by atoms with van der Waals surface area (Å²) >= 11 is 0. The Hall–Kier alpha value is -1.43. The van der Waals surface area contributed by atoms with Gasteiger partial charge in [0.1, 0.15) is 12.2 Å². The minimum absolute atomic E-state index is 0.312. The van der Waals surface area contributed by atoms with E-state index in [1.807, 2.05) is 11.6 Å². The summed E-state index contributed by atoms with van der Waals surface area (Å²) in [5.41, 5.74) is 4.70. The van der Waals surface area contributed by atoms with Crippen LogP contribution in [0.25, 0.3) is 0 Å². The van der Waals surface area contributed by atoms with E-state index in [0.717, 1.165) is 5.82 Å². The van der Waals surface area contributed by atoms with Crippen LogP contribution in [0.15, 0.2) is 6.33 Å². The van der Waals surface area contributed by atoms with E-state index in [4.69, 9.17) is 5.73 Å². The molecule has 1 rings (SSSR count). The van der Waals surface area contributed by atoms with E-state index in [-0.39, 0.29) is 5.91 Å². The van der Waals surface area contributed by atoms with E-state index in [1.165, 1.54) is 0 Å². The molecule has 0 radical (unpaired) electrons. The minimum Gasteiger partial charge on any atom is -0.369 e. The third-order valence-corrected chi connectivity index (χ3v) is 2.32. The average Bonchev–Trinajstić information content (AvgIpc) is 2.51. The maximum atomic E-state index is 11.0. The lowest BCUT2D eigenvalue weighted by Gasteiger charge is -2.20. The third kappa shape index (κ3) is 3.02. The first kappa shape index (κ1) is 11.6. The summed E-state index contributed by atoms with van der Waals surface area (Å²) in [6.45, 7) is 4.71. The largest absolute Gasteiger partial charge is 0.369 e. The lowest BCUT2D eigenvalue weighted by molar-refractivity contribution is -0.125. The van der Waals surface area contributed by atoms with Crippen LogP contribution in [-0.2, 0) is 18.4 Å². The Kier molecular flexibility index (Phi) is 3.41. The molecule has 0 aliphatic rings. The predicted molar refractivity (Wildman–Crippen MR) is 55.7 cm³/mol. The van der Waals surface area contributed by atoms with Crippen LogP contribution in [0, 0.1) is 5.41 Å². The summed E-state index contributed by atoms with van der Waals surface area (Å²) in [5, 5.41) is 10.8. The molecule has 0 aliphatic heterocycles. The number of carbonyl (C=O) groups excluding carboxylic acids is 1. The number of nitrogens with zero attached hydrogens (tertiary/aromatic N) is 3. The highest BCUT2D eigenvalue weighted by atomic mass is 16.1. The van der Waals surface area contributed by atoms with Crippen LogP contribution in [0.1, 0.15) is 19.7 Å². The van der Waals surface area contributed by atoms with Gasteiger partial charge in [0.15, 0.2) is 0 Å². The van der Waals surface area contributed by atoms with Crippen molar-refractivity contribution >= 4 is 5.91 Å². The fourth-order valence-electron chi connectivity index (χ4n) is 1.04. The second kappa shape index (κ2) is 4.39. The minimum atomic E-state index is -0.543. The Morgan fingerprint density at radius 3 is 2.80 bits per heavy atom. The summed E-state index contributed by atoms with van der Waals surface area (Å²) in [4.78, 5) is 11.0.